The monoisotopic (exact) mass is 308 g/mol. The van der Waals surface area contributed by atoms with Crippen LogP contribution >= 0.6 is 0 Å². The molecule has 0 radical (unpaired) electrons. The average molecular weight is 308 g/mol. The van der Waals surface area contributed by atoms with E-state index in [1.165, 1.54) is 0 Å². The minimum Gasteiger partial charge on any atom is -0.351 e. The summed E-state index contributed by atoms with van der Waals surface area (Å²) in [6, 6.07) is 8.42. The number of halogens is 3. The maximum Gasteiger partial charge on any atom is 0.433 e. The van der Waals surface area contributed by atoms with Crippen molar-refractivity contribution < 1.29 is 13.2 Å². The number of aryl methyl sites for hydroxylation is 1. The van der Waals surface area contributed by atoms with Crippen LogP contribution in [0, 0.1) is 6.92 Å². The highest BCUT2D eigenvalue weighted by Gasteiger charge is 2.34. The van der Waals surface area contributed by atoms with Gasteiger partial charge >= 0.3 is 6.18 Å². The summed E-state index contributed by atoms with van der Waals surface area (Å²) in [6.45, 7) is 1.94. The van der Waals surface area contributed by atoms with E-state index in [2.05, 4.69) is 20.6 Å². The fourth-order valence-electron chi connectivity index (χ4n) is 1.92. The van der Waals surface area contributed by atoms with Crippen molar-refractivity contribution in [2.75, 3.05) is 10.6 Å². The molecule has 1 aromatic heterocycles. The van der Waals surface area contributed by atoms with Gasteiger partial charge in [0.15, 0.2) is 5.69 Å². The number of alkyl halides is 3. The van der Waals surface area contributed by atoms with Crippen molar-refractivity contribution in [3.8, 4) is 0 Å². The van der Waals surface area contributed by atoms with Crippen molar-refractivity contribution in [3.63, 3.8) is 0 Å². The van der Waals surface area contributed by atoms with Crippen molar-refractivity contribution in [1.29, 1.82) is 0 Å². The lowest BCUT2D eigenvalue weighted by Crippen LogP contribution is -2.14. The third kappa shape index (κ3) is 3.66. The molecular weight excluding hydrogens is 293 g/mol. The van der Waals surface area contributed by atoms with E-state index in [1.807, 2.05) is 19.1 Å². The minimum absolute atomic E-state index is 0.00642. The molecular formula is C15H15F3N4. The van der Waals surface area contributed by atoms with Crippen LogP contribution in [-0.4, -0.2) is 16.0 Å². The summed E-state index contributed by atoms with van der Waals surface area (Å²) in [7, 11) is 0. The number of nitrogens with zero attached hydrogens (tertiary/aromatic N) is 2. The molecule has 0 atom stereocenters. The Morgan fingerprint density at radius 3 is 2.36 bits per heavy atom. The van der Waals surface area contributed by atoms with Crippen molar-refractivity contribution in [2.24, 2.45) is 0 Å². The van der Waals surface area contributed by atoms with Crippen LogP contribution in [0.4, 0.5) is 30.6 Å². The predicted molar refractivity (Wildman–Crippen MR) is 78.1 cm³/mol. The van der Waals surface area contributed by atoms with Gasteiger partial charge < -0.3 is 10.6 Å². The second kappa shape index (κ2) is 5.47. The first-order chi connectivity index (χ1) is 10.4. The van der Waals surface area contributed by atoms with Gasteiger partial charge in [0.05, 0.1) is 0 Å². The van der Waals surface area contributed by atoms with E-state index in [0.29, 0.717) is 5.69 Å². The van der Waals surface area contributed by atoms with Gasteiger partial charge in [-0.25, -0.2) is 4.98 Å². The highest BCUT2D eigenvalue weighted by atomic mass is 19.4. The molecule has 0 amide bonds. The van der Waals surface area contributed by atoms with Gasteiger partial charge in [-0.2, -0.15) is 18.2 Å². The summed E-state index contributed by atoms with van der Waals surface area (Å²) < 4.78 is 38.8. The molecule has 1 fully saturated rings. The Morgan fingerprint density at radius 2 is 1.77 bits per heavy atom. The average Bonchev–Trinajstić information content (AvgIpc) is 3.24. The van der Waals surface area contributed by atoms with Crippen LogP contribution in [0.15, 0.2) is 30.3 Å². The molecule has 2 N–H and O–H groups in total. The van der Waals surface area contributed by atoms with Gasteiger partial charge in [-0.3, -0.25) is 0 Å². The van der Waals surface area contributed by atoms with E-state index in [0.717, 1.165) is 24.5 Å². The Morgan fingerprint density at radius 1 is 1.09 bits per heavy atom. The van der Waals surface area contributed by atoms with Crippen molar-refractivity contribution in [1.82, 2.24) is 9.97 Å². The van der Waals surface area contributed by atoms with Crippen molar-refractivity contribution in [3.05, 3.63) is 41.6 Å². The summed E-state index contributed by atoms with van der Waals surface area (Å²) in [4.78, 5) is 7.66. The fraction of sp³-hybridized carbons (Fsp3) is 0.333. The largest absolute Gasteiger partial charge is 0.433 e. The quantitative estimate of drug-likeness (QED) is 0.892. The molecule has 0 spiro atoms. The molecule has 0 bridgehead atoms. The number of rotatable bonds is 4. The Balaban J connectivity index is 1.89. The Labute approximate surface area is 125 Å². The molecule has 1 heterocycles. The molecule has 1 aliphatic rings. The lowest BCUT2D eigenvalue weighted by molar-refractivity contribution is -0.141. The summed E-state index contributed by atoms with van der Waals surface area (Å²) in [5, 5.41) is 5.79. The summed E-state index contributed by atoms with van der Waals surface area (Å²) >= 11 is 0. The summed E-state index contributed by atoms with van der Waals surface area (Å²) in [5.41, 5.74) is 0.787. The van der Waals surface area contributed by atoms with Gasteiger partial charge in [0.1, 0.15) is 5.82 Å². The van der Waals surface area contributed by atoms with Crippen LogP contribution in [0.2, 0.25) is 0 Å². The fourth-order valence-corrected chi connectivity index (χ4v) is 1.92. The molecule has 0 aliphatic heterocycles. The molecule has 3 rings (SSSR count). The van der Waals surface area contributed by atoms with Gasteiger partial charge in [-0.15, -0.1) is 0 Å². The number of hydrogen-bond donors (Lipinski definition) is 2. The highest BCUT2D eigenvalue weighted by molar-refractivity contribution is 5.58. The minimum atomic E-state index is -4.51. The SMILES string of the molecule is Cc1ccc(Nc2cc(C(F)(F)F)nc(NC3CC3)n2)cc1. The van der Waals surface area contributed by atoms with E-state index in [-0.39, 0.29) is 17.8 Å². The van der Waals surface area contributed by atoms with E-state index >= 15 is 0 Å². The number of nitrogens with one attached hydrogen (secondary N) is 2. The highest BCUT2D eigenvalue weighted by Crippen LogP contribution is 2.31. The van der Waals surface area contributed by atoms with Crippen LogP contribution in [0.3, 0.4) is 0 Å². The first-order valence-electron chi connectivity index (χ1n) is 6.97. The second-order valence-electron chi connectivity index (χ2n) is 5.37. The third-order valence-electron chi connectivity index (χ3n) is 3.25. The molecule has 1 saturated carbocycles. The van der Waals surface area contributed by atoms with Crippen LogP contribution in [0.25, 0.3) is 0 Å². The van der Waals surface area contributed by atoms with E-state index in [4.69, 9.17) is 0 Å². The Kier molecular flexibility index (Phi) is 3.64. The van der Waals surface area contributed by atoms with E-state index < -0.39 is 11.9 Å². The number of benzene rings is 1. The van der Waals surface area contributed by atoms with Gasteiger partial charge in [-0.1, -0.05) is 17.7 Å². The third-order valence-corrected chi connectivity index (χ3v) is 3.25. The summed E-state index contributed by atoms with van der Waals surface area (Å²) in [5.74, 6) is 0.126. The van der Waals surface area contributed by atoms with E-state index in [1.54, 1.807) is 12.1 Å². The molecule has 116 valence electrons. The zero-order chi connectivity index (χ0) is 15.7. The first kappa shape index (κ1) is 14.6. The molecule has 7 heteroatoms. The van der Waals surface area contributed by atoms with Gasteiger partial charge in [0.25, 0.3) is 0 Å². The zero-order valence-electron chi connectivity index (χ0n) is 11.9. The van der Waals surface area contributed by atoms with Gasteiger partial charge in [0.2, 0.25) is 5.95 Å². The molecule has 2 aromatic rings. The molecule has 4 nitrogen and oxygen atoms in total. The zero-order valence-corrected chi connectivity index (χ0v) is 11.9. The number of anilines is 3. The van der Waals surface area contributed by atoms with Gasteiger partial charge in [0, 0.05) is 17.8 Å². The molecule has 1 aromatic carbocycles. The molecule has 0 saturated heterocycles. The van der Waals surface area contributed by atoms with Crippen LogP contribution in [0.5, 0.6) is 0 Å². The maximum absolute atomic E-state index is 12.9. The van der Waals surface area contributed by atoms with Crippen LogP contribution in [-0.2, 0) is 6.18 Å². The number of hydrogen-bond acceptors (Lipinski definition) is 4. The number of aromatic nitrogens is 2. The maximum atomic E-state index is 12.9. The van der Waals surface area contributed by atoms with Crippen LogP contribution < -0.4 is 10.6 Å². The predicted octanol–water partition coefficient (Wildman–Crippen LogP) is 4.12. The van der Waals surface area contributed by atoms with E-state index in [9.17, 15) is 13.2 Å². The standard InChI is InChI=1S/C15H15F3N4/c1-9-2-4-10(5-3-9)19-13-8-12(15(16,17)18)21-14(22-13)20-11-6-7-11/h2-5,8,11H,6-7H2,1H3,(H2,19,20,21,22). The van der Waals surface area contributed by atoms with Crippen molar-refractivity contribution in [2.45, 2.75) is 32.0 Å². The lowest BCUT2D eigenvalue weighted by Gasteiger charge is -2.12. The normalized spacial score (nSPS) is 14.7. The molecule has 1 aliphatic carbocycles. The molecule has 22 heavy (non-hydrogen) atoms. The lowest BCUT2D eigenvalue weighted by atomic mass is 10.2. The topological polar surface area (TPSA) is 49.8 Å². The molecule has 0 unspecified atom stereocenters. The second-order valence-corrected chi connectivity index (χ2v) is 5.37. The summed E-state index contributed by atoms with van der Waals surface area (Å²) in [6.07, 6.45) is -2.65. The van der Waals surface area contributed by atoms with Gasteiger partial charge in [-0.05, 0) is 31.9 Å². The van der Waals surface area contributed by atoms with Crippen LogP contribution in [0.1, 0.15) is 24.1 Å². The Hall–Kier alpha value is -2.31. The smallest absolute Gasteiger partial charge is 0.351 e. The first-order valence-corrected chi connectivity index (χ1v) is 6.97. The Bertz CT molecular complexity index is 663. The van der Waals surface area contributed by atoms with Crippen molar-refractivity contribution >= 4 is 17.5 Å².